The molecule has 0 fully saturated rings. The van der Waals surface area contributed by atoms with Gasteiger partial charge in [-0.1, -0.05) is 12.1 Å². The van der Waals surface area contributed by atoms with Crippen LogP contribution in [0.1, 0.15) is 15.9 Å². The second-order valence-electron chi connectivity index (χ2n) is 4.22. The predicted molar refractivity (Wildman–Crippen MR) is 78.1 cm³/mol. The third kappa shape index (κ3) is 2.46. The number of aromatic carboxylic acids is 1. The average Bonchev–Trinajstić information content (AvgIpc) is 2.94. The van der Waals surface area contributed by atoms with E-state index in [0.29, 0.717) is 6.54 Å². The van der Waals surface area contributed by atoms with Crippen molar-refractivity contribution in [1.82, 2.24) is 9.97 Å². The molecule has 0 radical (unpaired) electrons. The number of carbonyl (C=O) groups is 1. The number of nitrogens with zero attached hydrogens (tertiary/aromatic N) is 2. The smallest absolute Gasteiger partial charge is 0.335 e. The highest BCUT2D eigenvalue weighted by molar-refractivity contribution is 7.17. The van der Waals surface area contributed by atoms with Crippen molar-refractivity contribution in [3.63, 3.8) is 0 Å². The molecule has 0 saturated carbocycles. The van der Waals surface area contributed by atoms with E-state index in [1.54, 1.807) is 29.5 Å². The Morgan fingerprint density at radius 1 is 1.30 bits per heavy atom. The van der Waals surface area contributed by atoms with Crippen LogP contribution in [0.5, 0.6) is 0 Å². The molecule has 0 atom stereocenters. The van der Waals surface area contributed by atoms with Gasteiger partial charge in [-0.15, -0.1) is 11.3 Å². The van der Waals surface area contributed by atoms with Gasteiger partial charge >= 0.3 is 5.97 Å². The first-order chi connectivity index (χ1) is 9.74. The summed E-state index contributed by atoms with van der Waals surface area (Å²) in [5.74, 6) is -0.153. The Labute approximate surface area is 118 Å². The van der Waals surface area contributed by atoms with Gasteiger partial charge in [-0.05, 0) is 29.1 Å². The summed E-state index contributed by atoms with van der Waals surface area (Å²) < 4.78 is 1.00. The zero-order valence-electron chi connectivity index (χ0n) is 10.4. The van der Waals surface area contributed by atoms with Crippen LogP contribution in [0, 0.1) is 0 Å². The van der Waals surface area contributed by atoms with Crippen molar-refractivity contribution in [3.8, 4) is 0 Å². The molecule has 0 saturated heterocycles. The van der Waals surface area contributed by atoms with Crippen LogP contribution in [-0.4, -0.2) is 21.0 Å². The summed E-state index contributed by atoms with van der Waals surface area (Å²) in [4.78, 5) is 19.3. The van der Waals surface area contributed by atoms with Crippen molar-refractivity contribution < 1.29 is 9.90 Å². The molecule has 0 spiro atoms. The van der Waals surface area contributed by atoms with Crippen LogP contribution < -0.4 is 5.32 Å². The van der Waals surface area contributed by atoms with E-state index in [1.807, 2.05) is 17.5 Å². The highest BCUT2D eigenvalue weighted by Gasteiger charge is 2.06. The number of carboxylic acid groups (broad SMARTS) is 1. The van der Waals surface area contributed by atoms with Crippen LogP contribution in [0.3, 0.4) is 0 Å². The molecular formula is C14H11N3O2S. The molecule has 20 heavy (non-hydrogen) atoms. The number of benzene rings is 1. The third-order valence-corrected chi connectivity index (χ3v) is 3.79. The van der Waals surface area contributed by atoms with Crippen molar-refractivity contribution >= 4 is 33.3 Å². The van der Waals surface area contributed by atoms with Gasteiger partial charge in [0.1, 0.15) is 12.1 Å². The number of anilines is 1. The second kappa shape index (κ2) is 5.26. The molecule has 100 valence electrons. The Hall–Kier alpha value is -2.47. The summed E-state index contributed by atoms with van der Waals surface area (Å²) in [6.07, 6.45) is 1.52. The lowest BCUT2D eigenvalue weighted by Gasteiger charge is -2.07. The monoisotopic (exact) mass is 285 g/mol. The van der Waals surface area contributed by atoms with Crippen molar-refractivity contribution in [2.75, 3.05) is 5.32 Å². The number of rotatable bonds is 4. The predicted octanol–water partition coefficient (Wildman–Crippen LogP) is 3.00. The summed E-state index contributed by atoms with van der Waals surface area (Å²) in [6, 6.07) is 8.79. The van der Waals surface area contributed by atoms with E-state index in [0.717, 1.165) is 21.6 Å². The molecule has 0 amide bonds. The zero-order valence-corrected chi connectivity index (χ0v) is 11.2. The summed E-state index contributed by atoms with van der Waals surface area (Å²) in [7, 11) is 0. The Morgan fingerprint density at radius 3 is 3.05 bits per heavy atom. The molecule has 0 unspecified atom stereocenters. The lowest BCUT2D eigenvalue weighted by Crippen LogP contribution is -2.03. The highest BCUT2D eigenvalue weighted by Crippen LogP contribution is 2.25. The molecule has 1 aromatic carbocycles. The lowest BCUT2D eigenvalue weighted by molar-refractivity contribution is 0.0697. The van der Waals surface area contributed by atoms with Crippen LogP contribution in [0.4, 0.5) is 5.82 Å². The fourth-order valence-corrected chi connectivity index (χ4v) is 2.73. The zero-order chi connectivity index (χ0) is 13.9. The standard InChI is InChI=1S/C14H11N3O2S/c18-14(19)10-3-1-2-9(6-10)7-15-13-12-11(4-5-20-12)16-8-17-13/h1-6,8H,7H2,(H,18,19)(H,15,16,17). The SMILES string of the molecule is O=C(O)c1cccc(CNc2ncnc3ccsc23)c1. The first-order valence-corrected chi connectivity index (χ1v) is 6.86. The van der Waals surface area contributed by atoms with Gasteiger partial charge in [0.25, 0.3) is 0 Å². The van der Waals surface area contributed by atoms with E-state index < -0.39 is 5.97 Å². The molecule has 3 rings (SSSR count). The van der Waals surface area contributed by atoms with E-state index in [9.17, 15) is 4.79 Å². The van der Waals surface area contributed by atoms with Crippen LogP contribution in [0.25, 0.3) is 10.2 Å². The quantitative estimate of drug-likeness (QED) is 0.770. The first-order valence-electron chi connectivity index (χ1n) is 5.98. The van der Waals surface area contributed by atoms with Gasteiger partial charge < -0.3 is 10.4 Å². The van der Waals surface area contributed by atoms with Gasteiger partial charge in [-0.2, -0.15) is 0 Å². The van der Waals surface area contributed by atoms with Crippen LogP contribution >= 0.6 is 11.3 Å². The van der Waals surface area contributed by atoms with Crippen LogP contribution in [0.2, 0.25) is 0 Å². The highest BCUT2D eigenvalue weighted by atomic mass is 32.1. The Balaban J connectivity index is 1.81. The summed E-state index contributed by atoms with van der Waals surface area (Å²) in [5, 5.41) is 14.2. The van der Waals surface area contributed by atoms with E-state index in [2.05, 4.69) is 15.3 Å². The lowest BCUT2D eigenvalue weighted by atomic mass is 10.1. The molecule has 2 N–H and O–H groups in total. The molecule has 0 aliphatic rings. The number of carboxylic acids is 1. The fraction of sp³-hybridized carbons (Fsp3) is 0.0714. The third-order valence-electron chi connectivity index (χ3n) is 2.88. The first kappa shape index (κ1) is 12.6. The number of aromatic nitrogens is 2. The van der Waals surface area contributed by atoms with E-state index in [1.165, 1.54) is 6.33 Å². The van der Waals surface area contributed by atoms with Gasteiger partial charge in [0.2, 0.25) is 0 Å². The van der Waals surface area contributed by atoms with Crippen molar-refractivity contribution in [1.29, 1.82) is 0 Å². The van der Waals surface area contributed by atoms with Crippen molar-refractivity contribution in [2.24, 2.45) is 0 Å². The minimum absolute atomic E-state index is 0.285. The van der Waals surface area contributed by atoms with Gasteiger partial charge in [-0.3, -0.25) is 0 Å². The minimum atomic E-state index is -0.922. The van der Waals surface area contributed by atoms with Crippen LogP contribution in [0.15, 0.2) is 42.0 Å². The molecule has 0 aliphatic carbocycles. The molecule has 0 aliphatic heterocycles. The van der Waals surface area contributed by atoms with Gasteiger partial charge in [0, 0.05) is 6.54 Å². The Bertz CT molecular complexity index is 770. The van der Waals surface area contributed by atoms with Gasteiger partial charge in [-0.25, -0.2) is 14.8 Å². The van der Waals surface area contributed by atoms with Crippen LogP contribution in [-0.2, 0) is 6.54 Å². The topological polar surface area (TPSA) is 75.1 Å². The molecule has 0 bridgehead atoms. The Morgan fingerprint density at radius 2 is 2.20 bits per heavy atom. The maximum atomic E-state index is 10.9. The summed E-state index contributed by atoms with van der Waals surface area (Å²) in [5.41, 5.74) is 2.09. The van der Waals surface area contributed by atoms with E-state index in [-0.39, 0.29) is 5.56 Å². The fourth-order valence-electron chi connectivity index (χ4n) is 1.91. The van der Waals surface area contributed by atoms with Crippen molar-refractivity contribution in [2.45, 2.75) is 6.54 Å². The molecule has 2 aromatic heterocycles. The number of nitrogens with one attached hydrogen (secondary N) is 1. The number of fused-ring (bicyclic) bond motifs is 1. The minimum Gasteiger partial charge on any atom is -0.478 e. The normalized spacial score (nSPS) is 10.6. The number of hydrogen-bond acceptors (Lipinski definition) is 5. The van der Waals surface area contributed by atoms with E-state index >= 15 is 0 Å². The maximum Gasteiger partial charge on any atom is 0.335 e. The summed E-state index contributed by atoms with van der Waals surface area (Å²) in [6.45, 7) is 0.519. The molecule has 3 aromatic rings. The summed E-state index contributed by atoms with van der Waals surface area (Å²) >= 11 is 1.58. The Kier molecular flexibility index (Phi) is 3.30. The number of thiophene rings is 1. The van der Waals surface area contributed by atoms with Gasteiger partial charge in [0.05, 0.1) is 15.8 Å². The largest absolute Gasteiger partial charge is 0.478 e. The molecule has 2 heterocycles. The molecule has 5 nitrogen and oxygen atoms in total. The second-order valence-corrected chi connectivity index (χ2v) is 5.13. The van der Waals surface area contributed by atoms with E-state index in [4.69, 9.17) is 5.11 Å². The van der Waals surface area contributed by atoms with Gasteiger partial charge in [0.15, 0.2) is 0 Å². The number of hydrogen-bond donors (Lipinski definition) is 2. The molecular weight excluding hydrogens is 274 g/mol. The molecule has 6 heteroatoms. The average molecular weight is 285 g/mol. The maximum absolute atomic E-state index is 10.9. The van der Waals surface area contributed by atoms with Crippen molar-refractivity contribution in [3.05, 3.63) is 53.2 Å².